The van der Waals surface area contributed by atoms with Crippen molar-refractivity contribution >= 4 is 27.7 Å². The Hall–Kier alpha value is -2.53. The van der Waals surface area contributed by atoms with Crippen molar-refractivity contribution < 1.29 is 18.7 Å². The third kappa shape index (κ3) is 4.17. The van der Waals surface area contributed by atoms with Gasteiger partial charge >= 0.3 is 5.97 Å². The topological polar surface area (TPSA) is 51.9 Å². The number of furan rings is 1. The SMILES string of the molecule is CCOC(=O)Cc1coc2ccc3cc(OCCCN(C)C)ccc3c12. The molecule has 5 heteroatoms. The second-order valence-corrected chi connectivity index (χ2v) is 6.57. The Bertz CT molecular complexity index is 898. The van der Waals surface area contributed by atoms with E-state index >= 15 is 0 Å². The largest absolute Gasteiger partial charge is 0.494 e. The highest BCUT2D eigenvalue weighted by atomic mass is 16.5. The summed E-state index contributed by atoms with van der Waals surface area (Å²) >= 11 is 0. The van der Waals surface area contributed by atoms with E-state index in [-0.39, 0.29) is 12.4 Å². The number of carbonyl (C=O) groups excluding carboxylic acids is 1. The summed E-state index contributed by atoms with van der Waals surface area (Å²) in [5.74, 6) is 0.610. The van der Waals surface area contributed by atoms with Gasteiger partial charge in [-0.1, -0.05) is 6.07 Å². The lowest BCUT2D eigenvalue weighted by atomic mass is 10.0. The van der Waals surface area contributed by atoms with E-state index in [1.165, 1.54) is 0 Å². The van der Waals surface area contributed by atoms with Gasteiger partial charge in [0.2, 0.25) is 0 Å². The molecular formula is C21H25NO4. The van der Waals surface area contributed by atoms with Gasteiger partial charge in [0.05, 0.1) is 25.9 Å². The lowest BCUT2D eigenvalue weighted by molar-refractivity contribution is -0.142. The monoisotopic (exact) mass is 355 g/mol. The summed E-state index contributed by atoms with van der Waals surface area (Å²) in [5, 5.41) is 3.08. The third-order valence-corrected chi connectivity index (χ3v) is 4.26. The van der Waals surface area contributed by atoms with Gasteiger partial charge in [-0.2, -0.15) is 0 Å². The van der Waals surface area contributed by atoms with Crippen LogP contribution in [0.15, 0.2) is 41.0 Å². The van der Waals surface area contributed by atoms with Gasteiger partial charge in [-0.05, 0) is 62.5 Å². The van der Waals surface area contributed by atoms with Crippen LogP contribution < -0.4 is 4.74 Å². The first kappa shape index (κ1) is 18.3. The van der Waals surface area contributed by atoms with Crippen molar-refractivity contribution in [2.45, 2.75) is 19.8 Å². The first-order chi connectivity index (χ1) is 12.6. The summed E-state index contributed by atoms with van der Waals surface area (Å²) in [6.45, 7) is 3.87. The fraction of sp³-hybridized carbons (Fsp3) is 0.381. The smallest absolute Gasteiger partial charge is 0.310 e. The molecule has 26 heavy (non-hydrogen) atoms. The first-order valence-corrected chi connectivity index (χ1v) is 8.94. The molecule has 0 saturated carbocycles. The molecule has 0 fully saturated rings. The van der Waals surface area contributed by atoms with Crippen molar-refractivity contribution in [2.75, 3.05) is 33.9 Å². The fourth-order valence-corrected chi connectivity index (χ4v) is 3.07. The molecule has 0 aliphatic rings. The van der Waals surface area contributed by atoms with Gasteiger partial charge in [-0.3, -0.25) is 4.79 Å². The highest BCUT2D eigenvalue weighted by Gasteiger charge is 2.14. The maximum Gasteiger partial charge on any atom is 0.310 e. The normalized spacial score (nSPS) is 11.4. The van der Waals surface area contributed by atoms with Crippen LogP contribution in [0.1, 0.15) is 18.9 Å². The van der Waals surface area contributed by atoms with Gasteiger partial charge in [0, 0.05) is 17.5 Å². The Morgan fingerprint density at radius 1 is 1.19 bits per heavy atom. The number of benzene rings is 2. The van der Waals surface area contributed by atoms with Gasteiger partial charge in [0.25, 0.3) is 0 Å². The van der Waals surface area contributed by atoms with Gasteiger partial charge < -0.3 is 18.8 Å². The van der Waals surface area contributed by atoms with E-state index in [0.29, 0.717) is 13.2 Å². The van der Waals surface area contributed by atoms with E-state index in [1.54, 1.807) is 13.2 Å². The number of rotatable bonds is 8. The zero-order valence-corrected chi connectivity index (χ0v) is 15.6. The Kier molecular flexibility index (Phi) is 5.78. The number of fused-ring (bicyclic) bond motifs is 3. The van der Waals surface area contributed by atoms with Crippen LogP contribution >= 0.6 is 0 Å². The van der Waals surface area contributed by atoms with Crippen molar-refractivity contribution in [3.05, 3.63) is 42.2 Å². The molecule has 3 rings (SSSR count). The summed E-state index contributed by atoms with van der Waals surface area (Å²) < 4.78 is 16.5. The number of carbonyl (C=O) groups is 1. The van der Waals surface area contributed by atoms with Crippen LogP contribution in [0.5, 0.6) is 5.75 Å². The lowest BCUT2D eigenvalue weighted by Gasteiger charge is -2.11. The standard InChI is InChI=1S/C21H25NO4/c1-4-24-20(23)13-16-14-26-19-9-6-15-12-17(7-8-18(15)21(16)19)25-11-5-10-22(2)3/h6-9,12,14H,4-5,10-11,13H2,1-3H3. The first-order valence-electron chi connectivity index (χ1n) is 8.94. The van der Waals surface area contributed by atoms with Crippen molar-refractivity contribution in [3.8, 4) is 5.75 Å². The predicted molar refractivity (Wildman–Crippen MR) is 103 cm³/mol. The molecular weight excluding hydrogens is 330 g/mol. The summed E-state index contributed by atoms with van der Waals surface area (Å²) in [6.07, 6.45) is 2.84. The minimum atomic E-state index is -0.243. The molecule has 0 aliphatic carbocycles. The average Bonchev–Trinajstić information content (AvgIpc) is 3.01. The van der Waals surface area contributed by atoms with Crippen molar-refractivity contribution in [1.29, 1.82) is 0 Å². The van der Waals surface area contributed by atoms with E-state index in [9.17, 15) is 4.79 Å². The quantitative estimate of drug-likeness (QED) is 0.451. The highest BCUT2D eigenvalue weighted by Crippen LogP contribution is 2.32. The maximum absolute atomic E-state index is 11.9. The van der Waals surface area contributed by atoms with E-state index in [4.69, 9.17) is 13.9 Å². The van der Waals surface area contributed by atoms with Crippen LogP contribution in [0.2, 0.25) is 0 Å². The molecule has 0 unspecified atom stereocenters. The van der Waals surface area contributed by atoms with Gasteiger partial charge in [0.15, 0.2) is 0 Å². The molecule has 0 spiro atoms. The highest BCUT2D eigenvalue weighted by molar-refractivity contribution is 6.08. The van der Waals surface area contributed by atoms with Crippen molar-refractivity contribution in [1.82, 2.24) is 4.90 Å². The molecule has 0 amide bonds. The third-order valence-electron chi connectivity index (χ3n) is 4.26. The molecule has 0 radical (unpaired) electrons. The molecule has 1 aromatic heterocycles. The summed E-state index contributed by atoms with van der Waals surface area (Å²) in [6, 6.07) is 9.98. The zero-order chi connectivity index (χ0) is 18.5. The van der Waals surface area contributed by atoms with Crippen LogP contribution in [0.4, 0.5) is 0 Å². The minimum Gasteiger partial charge on any atom is -0.494 e. The van der Waals surface area contributed by atoms with Crippen LogP contribution in [0, 0.1) is 0 Å². The molecule has 1 heterocycles. The van der Waals surface area contributed by atoms with Crippen LogP contribution in [0.25, 0.3) is 21.7 Å². The molecule has 0 aliphatic heterocycles. The second-order valence-electron chi connectivity index (χ2n) is 6.57. The Morgan fingerprint density at radius 2 is 2.04 bits per heavy atom. The van der Waals surface area contributed by atoms with Crippen molar-refractivity contribution in [2.24, 2.45) is 0 Å². The second kappa shape index (κ2) is 8.23. The summed E-state index contributed by atoms with van der Waals surface area (Å²) in [7, 11) is 4.11. The lowest BCUT2D eigenvalue weighted by Crippen LogP contribution is -2.15. The minimum absolute atomic E-state index is 0.211. The number of hydrogen-bond acceptors (Lipinski definition) is 5. The van der Waals surface area contributed by atoms with E-state index in [1.807, 2.05) is 30.3 Å². The number of ether oxygens (including phenoxy) is 2. The molecule has 2 aromatic carbocycles. The van der Waals surface area contributed by atoms with Crippen LogP contribution in [0.3, 0.4) is 0 Å². The Morgan fingerprint density at radius 3 is 2.81 bits per heavy atom. The van der Waals surface area contributed by atoms with Crippen LogP contribution in [-0.4, -0.2) is 44.7 Å². The molecule has 0 bridgehead atoms. The predicted octanol–water partition coefficient (Wildman–Crippen LogP) is 4.02. The fourth-order valence-electron chi connectivity index (χ4n) is 3.07. The van der Waals surface area contributed by atoms with Gasteiger partial charge in [-0.25, -0.2) is 0 Å². The number of esters is 1. The van der Waals surface area contributed by atoms with E-state index in [2.05, 4.69) is 19.0 Å². The molecule has 0 saturated heterocycles. The summed E-state index contributed by atoms with van der Waals surface area (Å²) in [5.41, 5.74) is 1.63. The van der Waals surface area contributed by atoms with Crippen molar-refractivity contribution in [3.63, 3.8) is 0 Å². The Balaban J connectivity index is 1.84. The number of nitrogens with zero attached hydrogens (tertiary/aromatic N) is 1. The van der Waals surface area contributed by atoms with E-state index in [0.717, 1.165) is 46.0 Å². The molecule has 3 aromatic rings. The summed E-state index contributed by atoms with van der Waals surface area (Å²) in [4.78, 5) is 14.0. The van der Waals surface area contributed by atoms with Gasteiger partial charge in [-0.15, -0.1) is 0 Å². The Labute approximate surface area is 153 Å². The number of hydrogen-bond donors (Lipinski definition) is 0. The molecule has 5 nitrogen and oxygen atoms in total. The maximum atomic E-state index is 11.9. The molecule has 138 valence electrons. The zero-order valence-electron chi connectivity index (χ0n) is 15.6. The van der Waals surface area contributed by atoms with Crippen LogP contribution in [-0.2, 0) is 16.0 Å². The van der Waals surface area contributed by atoms with E-state index < -0.39 is 0 Å². The average molecular weight is 355 g/mol. The molecule has 0 atom stereocenters. The molecule has 0 N–H and O–H groups in total. The van der Waals surface area contributed by atoms with Gasteiger partial charge in [0.1, 0.15) is 11.3 Å².